The van der Waals surface area contributed by atoms with Gasteiger partial charge >= 0.3 is 0 Å². The van der Waals surface area contributed by atoms with Crippen molar-refractivity contribution in [3.63, 3.8) is 0 Å². The minimum atomic E-state index is -0.351. The van der Waals surface area contributed by atoms with Crippen LogP contribution in [0.1, 0.15) is 11.3 Å². The number of halogens is 1. The number of hydrogen-bond donors (Lipinski definition) is 2. The molecule has 8 heteroatoms. The molecule has 0 unspecified atom stereocenters. The van der Waals surface area contributed by atoms with Gasteiger partial charge < -0.3 is 5.73 Å². The van der Waals surface area contributed by atoms with Crippen molar-refractivity contribution in [3.8, 4) is 0 Å². The summed E-state index contributed by atoms with van der Waals surface area (Å²) in [5.74, 6) is -0.247. The lowest BCUT2D eigenvalue weighted by Gasteiger charge is -1.97. The number of benzene rings is 1. The smallest absolute Gasteiger partial charge is 0.246 e. The first kappa shape index (κ1) is 13.2. The minimum Gasteiger partial charge on any atom is -0.379 e. The number of carbonyl (C=O) groups excluding carboxylic acids is 1. The second-order valence-electron chi connectivity index (χ2n) is 3.62. The van der Waals surface area contributed by atoms with Gasteiger partial charge in [-0.05, 0) is 22.9 Å². The molecule has 0 fully saturated rings. The van der Waals surface area contributed by atoms with Crippen LogP contribution in [0, 0.1) is 0 Å². The number of carbonyl (C=O) groups is 1. The molecule has 0 atom stereocenters. The molecule has 3 N–H and O–H groups in total. The van der Waals surface area contributed by atoms with E-state index in [1.165, 1.54) is 6.21 Å². The molecular weight excluding hydrogens is 314 g/mol. The fourth-order valence-electron chi connectivity index (χ4n) is 1.26. The lowest BCUT2D eigenvalue weighted by molar-refractivity contribution is -0.120. The van der Waals surface area contributed by atoms with Crippen LogP contribution in [0.25, 0.3) is 0 Å². The standard InChI is InChI=1S/C11H10BrN5O2/c12-8-3-1-7(2-4-8)6-14-15-10(18)5-9-11(13)17-19-16-9/h1-4,6H,5H2,(H2,13,17)(H,15,18)/b14-6-. The third-order valence-electron chi connectivity index (χ3n) is 2.19. The lowest BCUT2D eigenvalue weighted by Crippen LogP contribution is -2.20. The van der Waals surface area contributed by atoms with Crippen molar-refractivity contribution < 1.29 is 9.42 Å². The maximum absolute atomic E-state index is 11.5. The molecule has 98 valence electrons. The number of rotatable bonds is 4. The third kappa shape index (κ3) is 3.88. The van der Waals surface area contributed by atoms with Crippen molar-refractivity contribution in [1.29, 1.82) is 0 Å². The number of anilines is 1. The van der Waals surface area contributed by atoms with E-state index in [1.807, 2.05) is 24.3 Å². The summed E-state index contributed by atoms with van der Waals surface area (Å²) in [5.41, 5.74) is 8.95. The predicted molar refractivity (Wildman–Crippen MR) is 72.3 cm³/mol. The first-order valence-corrected chi connectivity index (χ1v) is 6.09. The van der Waals surface area contributed by atoms with Crippen LogP contribution in [-0.2, 0) is 11.2 Å². The summed E-state index contributed by atoms with van der Waals surface area (Å²) < 4.78 is 5.36. The molecule has 1 heterocycles. The molecule has 0 aliphatic rings. The Bertz CT molecular complexity index is 593. The number of nitrogens with two attached hydrogens (primary N) is 1. The zero-order chi connectivity index (χ0) is 13.7. The lowest BCUT2D eigenvalue weighted by atomic mass is 10.2. The summed E-state index contributed by atoms with van der Waals surface area (Å²) in [4.78, 5) is 11.5. The number of hydrogen-bond acceptors (Lipinski definition) is 6. The zero-order valence-corrected chi connectivity index (χ0v) is 11.3. The van der Waals surface area contributed by atoms with Gasteiger partial charge in [-0.15, -0.1) is 0 Å². The van der Waals surface area contributed by atoms with E-state index in [0.29, 0.717) is 0 Å². The number of nitrogen functional groups attached to an aromatic ring is 1. The molecule has 1 amide bonds. The fraction of sp³-hybridized carbons (Fsp3) is 0.0909. The largest absolute Gasteiger partial charge is 0.379 e. The summed E-state index contributed by atoms with van der Waals surface area (Å²) >= 11 is 3.33. The Morgan fingerprint density at radius 3 is 2.79 bits per heavy atom. The average Bonchev–Trinajstić information content (AvgIpc) is 2.78. The molecule has 0 saturated heterocycles. The van der Waals surface area contributed by atoms with Crippen molar-refractivity contribution in [2.24, 2.45) is 5.10 Å². The van der Waals surface area contributed by atoms with E-state index >= 15 is 0 Å². The summed E-state index contributed by atoms with van der Waals surface area (Å²) in [6, 6.07) is 7.48. The highest BCUT2D eigenvalue weighted by Gasteiger charge is 2.10. The van der Waals surface area contributed by atoms with Gasteiger partial charge in [-0.2, -0.15) is 5.10 Å². The molecule has 7 nitrogen and oxygen atoms in total. The number of aromatic nitrogens is 2. The van der Waals surface area contributed by atoms with Gasteiger partial charge in [0.05, 0.1) is 12.6 Å². The van der Waals surface area contributed by atoms with E-state index in [2.05, 4.69) is 41.4 Å². The van der Waals surface area contributed by atoms with Crippen LogP contribution in [0.3, 0.4) is 0 Å². The van der Waals surface area contributed by atoms with Crippen molar-refractivity contribution in [1.82, 2.24) is 15.7 Å². The van der Waals surface area contributed by atoms with Crippen LogP contribution >= 0.6 is 15.9 Å². The first-order valence-electron chi connectivity index (χ1n) is 5.29. The summed E-state index contributed by atoms with van der Waals surface area (Å²) in [5, 5.41) is 10.7. The quantitative estimate of drug-likeness (QED) is 0.647. The Morgan fingerprint density at radius 2 is 2.16 bits per heavy atom. The molecule has 19 heavy (non-hydrogen) atoms. The highest BCUT2D eigenvalue weighted by molar-refractivity contribution is 9.10. The fourth-order valence-corrected chi connectivity index (χ4v) is 1.52. The molecule has 0 spiro atoms. The Labute approximate surface area is 117 Å². The minimum absolute atomic E-state index is 0.0347. The second-order valence-corrected chi connectivity index (χ2v) is 4.53. The van der Waals surface area contributed by atoms with Gasteiger partial charge in [0.1, 0.15) is 5.69 Å². The summed E-state index contributed by atoms with van der Waals surface area (Å²) in [7, 11) is 0. The van der Waals surface area contributed by atoms with Crippen molar-refractivity contribution in [3.05, 3.63) is 40.0 Å². The maximum Gasteiger partial charge on any atom is 0.246 e. The first-order chi connectivity index (χ1) is 9.15. The van der Waals surface area contributed by atoms with E-state index < -0.39 is 0 Å². The highest BCUT2D eigenvalue weighted by Crippen LogP contribution is 2.09. The van der Waals surface area contributed by atoms with E-state index in [-0.39, 0.29) is 23.8 Å². The number of nitrogens with zero attached hydrogens (tertiary/aromatic N) is 3. The van der Waals surface area contributed by atoms with E-state index in [1.54, 1.807) is 0 Å². The van der Waals surface area contributed by atoms with E-state index in [9.17, 15) is 4.79 Å². The van der Waals surface area contributed by atoms with Crippen LogP contribution in [0.15, 0.2) is 38.5 Å². The molecule has 2 aromatic rings. The molecule has 1 aromatic heterocycles. The highest BCUT2D eigenvalue weighted by atomic mass is 79.9. The van der Waals surface area contributed by atoms with Gasteiger partial charge in [-0.1, -0.05) is 33.2 Å². The SMILES string of the molecule is Nc1nonc1CC(=O)N/N=C\c1ccc(Br)cc1. The average molecular weight is 324 g/mol. The van der Waals surface area contributed by atoms with Crippen LogP contribution in [0.4, 0.5) is 5.82 Å². The second kappa shape index (κ2) is 6.10. The molecule has 0 saturated carbocycles. The number of hydrazone groups is 1. The van der Waals surface area contributed by atoms with E-state index in [0.717, 1.165) is 10.0 Å². The normalized spacial score (nSPS) is 10.8. The predicted octanol–water partition coefficient (Wildman–Crippen LogP) is 1.11. The van der Waals surface area contributed by atoms with Crippen LogP contribution in [-0.4, -0.2) is 22.4 Å². The molecule has 1 aromatic carbocycles. The Balaban J connectivity index is 1.86. The van der Waals surface area contributed by atoms with Gasteiger partial charge in [-0.3, -0.25) is 4.79 Å². The molecule has 0 aliphatic carbocycles. The van der Waals surface area contributed by atoms with Crippen LogP contribution < -0.4 is 11.2 Å². The molecule has 0 radical (unpaired) electrons. The maximum atomic E-state index is 11.5. The van der Waals surface area contributed by atoms with Gasteiger partial charge in [0.2, 0.25) is 5.91 Å². The van der Waals surface area contributed by atoms with Gasteiger partial charge in [0, 0.05) is 4.47 Å². The molecule has 2 rings (SSSR count). The Morgan fingerprint density at radius 1 is 1.42 bits per heavy atom. The van der Waals surface area contributed by atoms with Gasteiger partial charge in [-0.25, -0.2) is 10.1 Å². The monoisotopic (exact) mass is 323 g/mol. The molecule has 0 bridgehead atoms. The third-order valence-corrected chi connectivity index (χ3v) is 2.72. The molecular formula is C11H10BrN5O2. The summed E-state index contributed by atoms with van der Waals surface area (Å²) in [6.07, 6.45) is 1.50. The van der Waals surface area contributed by atoms with Gasteiger partial charge in [0.25, 0.3) is 0 Å². The van der Waals surface area contributed by atoms with Crippen LogP contribution in [0.5, 0.6) is 0 Å². The van der Waals surface area contributed by atoms with Crippen LogP contribution in [0.2, 0.25) is 0 Å². The zero-order valence-electron chi connectivity index (χ0n) is 9.71. The summed E-state index contributed by atoms with van der Waals surface area (Å²) in [6.45, 7) is 0. The van der Waals surface area contributed by atoms with E-state index in [4.69, 9.17) is 5.73 Å². The molecule has 0 aliphatic heterocycles. The Hall–Kier alpha value is -2.22. The Kier molecular flexibility index (Phi) is 4.24. The van der Waals surface area contributed by atoms with Crippen molar-refractivity contribution in [2.75, 3.05) is 5.73 Å². The number of amides is 1. The number of nitrogens with one attached hydrogen (secondary N) is 1. The topological polar surface area (TPSA) is 106 Å². The van der Waals surface area contributed by atoms with Gasteiger partial charge in [0.15, 0.2) is 5.82 Å². The van der Waals surface area contributed by atoms with Crippen molar-refractivity contribution >= 4 is 33.9 Å². The van der Waals surface area contributed by atoms with Crippen molar-refractivity contribution in [2.45, 2.75) is 6.42 Å².